The number of hydrogen-bond acceptors (Lipinski definition) is 4. The van der Waals surface area contributed by atoms with Crippen LogP contribution in [-0.4, -0.2) is 62.3 Å². The van der Waals surface area contributed by atoms with Crippen LogP contribution >= 0.6 is 0 Å². The number of carbonyl (C=O) groups excluding carboxylic acids is 1. The van der Waals surface area contributed by atoms with E-state index in [9.17, 15) is 14.4 Å². The number of aromatic nitrogens is 4. The van der Waals surface area contributed by atoms with Gasteiger partial charge in [0.05, 0.1) is 39.6 Å². The van der Waals surface area contributed by atoms with Gasteiger partial charge in [-0.05, 0) is 13.8 Å². The van der Waals surface area contributed by atoms with Gasteiger partial charge in [0.1, 0.15) is 6.54 Å². The zero-order valence-corrected chi connectivity index (χ0v) is 17.5. The molecule has 1 amide bonds. The fraction of sp³-hybridized carbons (Fsp3) is 0.625. The number of quaternary nitrogens is 1. The van der Waals surface area contributed by atoms with Gasteiger partial charge in [-0.1, -0.05) is 0 Å². The van der Waals surface area contributed by atoms with E-state index in [1.54, 1.807) is 7.05 Å². The van der Waals surface area contributed by atoms with Crippen LogP contribution in [-0.2, 0) is 25.4 Å². The Hall–Kier alpha value is -1.94. The third kappa shape index (κ3) is 4.24. The molecule has 0 unspecified atom stereocenters. The Kier molecular flexibility index (Phi) is 7.34. The summed E-state index contributed by atoms with van der Waals surface area (Å²) in [5.74, 6) is -0.186. The maximum Gasteiger partial charge on any atom is 0.332 e. The van der Waals surface area contributed by atoms with E-state index in [1.165, 1.54) is 22.5 Å². The van der Waals surface area contributed by atoms with E-state index >= 15 is 0 Å². The summed E-state index contributed by atoms with van der Waals surface area (Å²) in [5, 5.41) is 2.89. The first-order valence-corrected chi connectivity index (χ1v) is 8.45. The van der Waals surface area contributed by atoms with Crippen molar-refractivity contribution in [2.75, 3.05) is 33.2 Å². The Balaban J connectivity index is 0.00000338. The van der Waals surface area contributed by atoms with Gasteiger partial charge in [0.15, 0.2) is 11.2 Å². The molecule has 0 spiro atoms. The summed E-state index contributed by atoms with van der Waals surface area (Å²) in [5.41, 5.74) is -0.363. The summed E-state index contributed by atoms with van der Waals surface area (Å²) >= 11 is 0. The molecular weight excluding hydrogens is 404 g/mol. The van der Waals surface area contributed by atoms with Crippen LogP contribution in [0.2, 0.25) is 0 Å². The smallest absolute Gasteiger partial charge is 0.332 e. The summed E-state index contributed by atoms with van der Waals surface area (Å²) in [6, 6.07) is 0. The van der Waals surface area contributed by atoms with Gasteiger partial charge >= 0.3 is 5.69 Å². The average Bonchev–Trinajstić information content (AvgIpc) is 3.01. The molecule has 0 bridgehead atoms. The van der Waals surface area contributed by atoms with E-state index in [4.69, 9.17) is 0 Å². The molecule has 146 valence electrons. The molecular formula is C16H27BrN6O3. The van der Waals surface area contributed by atoms with E-state index in [0.717, 1.165) is 28.7 Å². The Labute approximate surface area is 162 Å². The predicted octanol–water partition coefficient (Wildman–Crippen LogP) is -3.96. The molecule has 0 aliphatic carbocycles. The molecule has 2 aromatic heterocycles. The minimum absolute atomic E-state index is 0. The molecule has 0 aromatic carbocycles. The largest absolute Gasteiger partial charge is 1.00 e. The van der Waals surface area contributed by atoms with Crippen LogP contribution in [0.5, 0.6) is 0 Å². The first-order chi connectivity index (χ1) is 11.7. The standard InChI is InChI=1S/C16H26N6O3.BrH/c1-6-22(5,7-2)9-8-17-12(23)10-21-11-18-14-13(21)15(24)20(4)16(25)19(14)3;/h11H,6-10H2,1-5H3;1H. The minimum Gasteiger partial charge on any atom is -1.00 e. The lowest BCUT2D eigenvalue weighted by Crippen LogP contribution is -3.00. The van der Waals surface area contributed by atoms with Crippen LogP contribution in [0.3, 0.4) is 0 Å². The molecule has 0 fully saturated rings. The predicted molar refractivity (Wildman–Crippen MR) is 95.4 cm³/mol. The summed E-state index contributed by atoms with van der Waals surface area (Å²) in [6.45, 7) is 7.67. The van der Waals surface area contributed by atoms with Gasteiger partial charge in [0.25, 0.3) is 5.56 Å². The van der Waals surface area contributed by atoms with Gasteiger partial charge in [-0.25, -0.2) is 9.78 Å². The molecule has 2 aromatic rings. The molecule has 0 radical (unpaired) electrons. The van der Waals surface area contributed by atoms with E-state index in [0.29, 0.717) is 6.54 Å². The van der Waals surface area contributed by atoms with Crippen molar-refractivity contribution in [3.8, 4) is 0 Å². The summed E-state index contributed by atoms with van der Waals surface area (Å²) in [6.07, 6.45) is 1.42. The summed E-state index contributed by atoms with van der Waals surface area (Å²) < 4.78 is 4.69. The third-order valence-electron chi connectivity index (χ3n) is 5.03. The van der Waals surface area contributed by atoms with Gasteiger partial charge in [-0.3, -0.25) is 18.7 Å². The minimum atomic E-state index is -0.454. The Morgan fingerprint density at radius 3 is 2.38 bits per heavy atom. The third-order valence-corrected chi connectivity index (χ3v) is 5.03. The molecule has 0 aliphatic rings. The quantitative estimate of drug-likeness (QED) is 0.453. The molecule has 10 heteroatoms. The maximum atomic E-state index is 12.3. The normalized spacial score (nSPS) is 11.4. The van der Waals surface area contributed by atoms with Crippen molar-refractivity contribution in [3.05, 3.63) is 27.2 Å². The number of amides is 1. The van der Waals surface area contributed by atoms with Crippen molar-refractivity contribution >= 4 is 17.1 Å². The van der Waals surface area contributed by atoms with Crippen LogP contribution in [0.1, 0.15) is 13.8 Å². The highest BCUT2D eigenvalue weighted by atomic mass is 79.9. The topological polar surface area (TPSA) is 90.9 Å². The Morgan fingerprint density at radius 2 is 1.81 bits per heavy atom. The van der Waals surface area contributed by atoms with Crippen molar-refractivity contribution in [3.63, 3.8) is 0 Å². The molecule has 26 heavy (non-hydrogen) atoms. The first kappa shape index (κ1) is 22.1. The molecule has 2 rings (SSSR count). The van der Waals surface area contributed by atoms with Gasteiger partial charge in [0.2, 0.25) is 5.91 Å². The second-order valence-electron chi connectivity index (χ2n) is 6.58. The van der Waals surface area contributed by atoms with Crippen molar-refractivity contribution in [1.29, 1.82) is 0 Å². The van der Waals surface area contributed by atoms with Gasteiger partial charge in [0, 0.05) is 14.1 Å². The Bertz CT molecular complexity index is 894. The highest BCUT2D eigenvalue weighted by molar-refractivity contribution is 5.78. The number of rotatable bonds is 7. The fourth-order valence-electron chi connectivity index (χ4n) is 2.73. The molecule has 2 heterocycles. The number of fused-ring (bicyclic) bond motifs is 1. The fourth-order valence-corrected chi connectivity index (χ4v) is 2.73. The van der Waals surface area contributed by atoms with E-state index in [2.05, 4.69) is 31.2 Å². The number of likely N-dealkylation sites (N-methyl/N-ethyl adjacent to an activating group) is 1. The maximum absolute atomic E-state index is 12.3. The van der Waals surface area contributed by atoms with Crippen molar-refractivity contribution in [1.82, 2.24) is 24.0 Å². The molecule has 9 nitrogen and oxygen atoms in total. The number of nitrogens with one attached hydrogen (secondary N) is 1. The van der Waals surface area contributed by atoms with Crippen molar-refractivity contribution in [2.24, 2.45) is 14.1 Å². The monoisotopic (exact) mass is 430 g/mol. The molecule has 0 atom stereocenters. The van der Waals surface area contributed by atoms with Gasteiger partial charge in [-0.2, -0.15) is 0 Å². The van der Waals surface area contributed by atoms with E-state index < -0.39 is 11.2 Å². The van der Waals surface area contributed by atoms with E-state index in [1.807, 2.05) is 0 Å². The van der Waals surface area contributed by atoms with Gasteiger partial charge in [-0.15, -0.1) is 0 Å². The van der Waals surface area contributed by atoms with Crippen molar-refractivity contribution in [2.45, 2.75) is 20.4 Å². The Morgan fingerprint density at radius 1 is 1.19 bits per heavy atom. The summed E-state index contributed by atoms with van der Waals surface area (Å²) in [7, 11) is 5.12. The molecule has 0 saturated carbocycles. The number of imidazole rings is 1. The molecule has 0 saturated heterocycles. The van der Waals surface area contributed by atoms with E-state index in [-0.39, 0.29) is 40.6 Å². The number of hydrogen-bond donors (Lipinski definition) is 1. The second-order valence-corrected chi connectivity index (χ2v) is 6.58. The first-order valence-electron chi connectivity index (χ1n) is 8.45. The lowest BCUT2D eigenvalue weighted by atomic mass is 10.3. The van der Waals surface area contributed by atoms with Crippen LogP contribution in [0, 0.1) is 0 Å². The number of nitrogens with zero attached hydrogens (tertiary/aromatic N) is 5. The zero-order valence-electron chi connectivity index (χ0n) is 16.0. The number of aryl methyl sites for hydroxylation is 1. The lowest BCUT2D eigenvalue weighted by Gasteiger charge is -2.32. The SMILES string of the molecule is CC[N+](C)(CC)CCNC(=O)Cn1cnc2c1c(=O)n(C)c(=O)n2C.[Br-]. The molecule has 0 aliphatic heterocycles. The van der Waals surface area contributed by atoms with Crippen LogP contribution in [0.4, 0.5) is 0 Å². The molecule has 1 N–H and O–H groups in total. The van der Waals surface area contributed by atoms with Crippen molar-refractivity contribution < 1.29 is 26.3 Å². The van der Waals surface area contributed by atoms with Crippen LogP contribution < -0.4 is 33.5 Å². The zero-order chi connectivity index (χ0) is 18.8. The van der Waals surface area contributed by atoms with Crippen LogP contribution in [0.25, 0.3) is 11.2 Å². The van der Waals surface area contributed by atoms with Gasteiger partial charge < -0.3 is 31.3 Å². The number of halogens is 1. The number of carbonyl (C=O) groups is 1. The highest BCUT2D eigenvalue weighted by Gasteiger charge is 2.18. The average molecular weight is 431 g/mol. The second kappa shape index (κ2) is 8.63. The lowest BCUT2D eigenvalue weighted by molar-refractivity contribution is -0.904. The summed E-state index contributed by atoms with van der Waals surface area (Å²) in [4.78, 5) is 40.6. The highest BCUT2D eigenvalue weighted by Crippen LogP contribution is 2.05. The van der Waals surface area contributed by atoms with Crippen LogP contribution in [0.15, 0.2) is 15.9 Å².